The molecule has 0 spiro atoms. The van der Waals surface area contributed by atoms with Crippen molar-refractivity contribution in [1.82, 2.24) is 10.2 Å². The van der Waals surface area contributed by atoms with Gasteiger partial charge in [0.2, 0.25) is 18.6 Å². The summed E-state index contributed by atoms with van der Waals surface area (Å²) < 4.78 is 26.9. The number of rotatable bonds is 7. The average molecular weight is 469 g/mol. The van der Waals surface area contributed by atoms with Crippen LogP contribution in [0.2, 0.25) is 0 Å². The molecular formula is C20H24FN3O7S. The second-order valence-electron chi connectivity index (χ2n) is 7.69. The van der Waals surface area contributed by atoms with Gasteiger partial charge in [-0.15, -0.1) is 11.8 Å². The number of ether oxygens (including phenoxy) is 3. The first-order chi connectivity index (χ1) is 15.1. The number of halogens is 1. The Kier molecular flexibility index (Phi) is 6.94. The van der Waals surface area contributed by atoms with Crippen molar-refractivity contribution >= 4 is 35.7 Å². The predicted octanol–water partition coefficient (Wildman–Crippen LogP) is 1.05. The third kappa shape index (κ3) is 4.65. The van der Waals surface area contributed by atoms with Crippen LogP contribution in [0.5, 0.6) is 0 Å². The van der Waals surface area contributed by atoms with E-state index >= 15 is 0 Å². The number of thioether (sulfide) groups is 1. The van der Waals surface area contributed by atoms with E-state index in [1.165, 1.54) is 34.9 Å². The number of carbonyl (C=O) groups is 4. The van der Waals surface area contributed by atoms with E-state index in [0.29, 0.717) is 0 Å². The zero-order valence-corrected chi connectivity index (χ0v) is 18.5. The lowest BCUT2D eigenvalue weighted by Gasteiger charge is -2.44. The number of amides is 2. The van der Waals surface area contributed by atoms with Gasteiger partial charge in [-0.05, 0) is 38.5 Å². The van der Waals surface area contributed by atoms with Crippen molar-refractivity contribution in [1.29, 1.82) is 0 Å². The maximum Gasteiger partial charge on any atom is 0.511 e. The summed E-state index contributed by atoms with van der Waals surface area (Å²) in [4.78, 5) is 50.4. The molecule has 174 valence electrons. The van der Waals surface area contributed by atoms with Crippen molar-refractivity contribution in [2.24, 2.45) is 5.73 Å². The molecule has 2 amide bonds. The number of β-lactam (4-membered cyclic amide) rings is 1. The molecule has 3 N–H and O–H groups in total. The normalized spacial score (nSPS) is 24.1. The first kappa shape index (κ1) is 23.8. The van der Waals surface area contributed by atoms with Crippen molar-refractivity contribution in [2.45, 2.75) is 49.0 Å². The molecule has 0 aromatic heterocycles. The van der Waals surface area contributed by atoms with Crippen LogP contribution in [0.4, 0.5) is 9.18 Å². The number of esters is 1. The molecule has 10 nitrogen and oxygen atoms in total. The molecule has 32 heavy (non-hydrogen) atoms. The molecule has 2 fully saturated rings. The smallest absolute Gasteiger partial charge is 0.435 e. The van der Waals surface area contributed by atoms with Crippen molar-refractivity contribution in [3.63, 3.8) is 0 Å². The summed E-state index contributed by atoms with van der Waals surface area (Å²) in [5.41, 5.74) is 6.18. The maximum absolute atomic E-state index is 13.4. The zero-order chi connectivity index (χ0) is 23.6. The average Bonchev–Trinajstić information content (AvgIpc) is 2.99. The molecule has 2 aliphatic heterocycles. The van der Waals surface area contributed by atoms with Crippen molar-refractivity contribution < 1.29 is 37.8 Å². The van der Waals surface area contributed by atoms with Crippen LogP contribution in [0.25, 0.3) is 0 Å². The number of hydrogen-bond acceptors (Lipinski definition) is 9. The molecule has 2 saturated heterocycles. The van der Waals surface area contributed by atoms with Gasteiger partial charge in [0.15, 0.2) is 0 Å². The number of fused-ring (bicyclic) bond motifs is 1. The Hall–Kier alpha value is -2.86. The second-order valence-corrected chi connectivity index (χ2v) is 9.46. The molecule has 2 aliphatic rings. The van der Waals surface area contributed by atoms with Crippen LogP contribution >= 0.6 is 11.8 Å². The molecule has 4 atom stereocenters. The number of nitrogens with two attached hydrogens (primary N) is 1. The third-order valence-corrected chi connectivity index (χ3v) is 6.66. The van der Waals surface area contributed by atoms with E-state index in [0.717, 1.165) is 6.07 Å². The first-order valence-corrected chi connectivity index (χ1v) is 10.7. The van der Waals surface area contributed by atoms with Gasteiger partial charge in [0, 0.05) is 4.75 Å². The summed E-state index contributed by atoms with van der Waals surface area (Å²) in [5, 5.41) is 2.08. The quantitative estimate of drug-likeness (QED) is 0.341. The highest BCUT2D eigenvalue weighted by Gasteiger charge is 2.64. The fourth-order valence-corrected chi connectivity index (χ4v) is 5.22. The summed E-state index contributed by atoms with van der Waals surface area (Å²) in [6.07, 6.45) is -0.976. The van der Waals surface area contributed by atoms with Crippen LogP contribution in [0.15, 0.2) is 24.3 Å². The van der Waals surface area contributed by atoms with Gasteiger partial charge in [0.1, 0.15) is 29.3 Å². The summed E-state index contributed by atoms with van der Waals surface area (Å²) in [7, 11) is 0. The summed E-state index contributed by atoms with van der Waals surface area (Å²) in [5.74, 6) is -2.39. The van der Waals surface area contributed by atoms with Gasteiger partial charge in [-0.1, -0.05) is 12.1 Å². The topological polar surface area (TPSA) is 137 Å². The Labute approximate surface area is 187 Å². The molecular weight excluding hydrogens is 445 g/mol. The van der Waals surface area contributed by atoms with E-state index in [1.54, 1.807) is 20.8 Å². The summed E-state index contributed by atoms with van der Waals surface area (Å²) in [6.45, 7) is 4.59. The minimum Gasteiger partial charge on any atom is -0.435 e. The molecule has 1 aromatic carbocycles. The van der Waals surface area contributed by atoms with Crippen LogP contribution in [0.3, 0.4) is 0 Å². The lowest BCUT2D eigenvalue weighted by atomic mass is 9.95. The van der Waals surface area contributed by atoms with Crippen molar-refractivity contribution in [3.8, 4) is 0 Å². The van der Waals surface area contributed by atoms with Crippen LogP contribution in [0, 0.1) is 5.82 Å². The van der Waals surface area contributed by atoms with Gasteiger partial charge in [-0.2, -0.15) is 0 Å². The third-order valence-electron chi connectivity index (χ3n) is 5.09. The fourth-order valence-electron chi connectivity index (χ4n) is 3.60. The standard InChI is InChI=1S/C20H24FN3O7S/c1-4-29-19(28)31-9-30-18(27)14-20(2,3)32-17-13(16(26)24(14)17)23-15(25)12(22)10-6-5-7-11(21)8-10/h5-8,12-14,17H,4,9,22H2,1-3H3,(H,23,25)/t12?,13-,14+,17-/m1/s1. The van der Waals surface area contributed by atoms with Gasteiger partial charge in [0.05, 0.1) is 6.61 Å². The number of benzene rings is 1. The van der Waals surface area contributed by atoms with Crippen LogP contribution in [-0.2, 0) is 28.6 Å². The van der Waals surface area contributed by atoms with E-state index in [2.05, 4.69) is 14.8 Å². The molecule has 12 heteroatoms. The van der Waals surface area contributed by atoms with Gasteiger partial charge in [-0.3, -0.25) is 9.59 Å². The zero-order valence-electron chi connectivity index (χ0n) is 17.7. The maximum atomic E-state index is 13.4. The highest BCUT2D eigenvalue weighted by atomic mass is 32.2. The Morgan fingerprint density at radius 2 is 2.00 bits per heavy atom. The van der Waals surface area contributed by atoms with E-state index in [4.69, 9.17) is 10.5 Å². The Bertz CT molecular complexity index is 928. The highest BCUT2D eigenvalue weighted by Crippen LogP contribution is 2.51. The minimum absolute atomic E-state index is 0.110. The van der Waals surface area contributed by atoms with Gasteiger partial charge in [-0.25, -0.2) is 14.0 Å². The van der Waals surface area contributed by atoms with E-state index in [-0.39, 0.29) is 12.2 Å². The molecule has 0 radical (unpaired) electrons. The van der Waals surface area contributed by atoms with Crippen LogP contribution in [-0.4, -0.2) is 64.4 Å². The van der Waals surface area contributed by atoms with E-state index in [9.17, 15) is 23.6 Å². The van der Waals surface area contributed by atoms with Crippen LogP contribution in [0.1, 0.15) is 32.4 Å². The number of nitrogens with one attached hydrogen (secondary N) is 1. The van der Waals surface area contributed by atoms with Crippen LogP contribution < -0.4 is 11.1 Å². The number of nitrogens with zero attached hydrogens (tertiary/aromatic N) is 1. The molecule has 1 unspecified atom stereocenters. The van der Waals surface area contributed by atoms with Crippen molar-refractivity contribution in [3.05, 3.63) is 35.6 Å². The van der Waals surface area contributed by atoms with Gasteiger partial charge < -0.3 is 30.2 Å². The Morgan fingerprint density at radius 3 is 2.66 bits per heavy atom. The van der Waals surface area contributed by atoms with Gasteiger partial charge >= 0.3 is 12.1 Å². The molecule has 0 bridgehead atoms. The fraction of sp³-hybridized carbons (Fsp3) is 0.500. The number of carbonyl (C=O) groups excluding carboxylic acids is 4. The van der Waals surface area contributed by atoms with Crippen molar-refractivity contribution in [2.75, 3.05) is 13.4 Å². The first-order valence-electron chi connectivity index (χ1n) is 9.84. The van der Waals surface area contributed by atoms with E-state index in [1.807, 2.05) is 0 Å². The number of hydrogen-bond donors (Lipinski definition) is 2. The molecule has 1 aromatic rings. The second kappa shape index (κ2) is 9.33. The summed E-state index contributed by atoms with van der Waals surface area (Å²) >= 11 is 1.32. The van der Waals surface area contributed by atoms with Gasteiger partial charge in [0.25, 0.3) is 0 Å². The highest BCUT2D eigenvalue weighted by molar-refractivity contribution is 8.01. The molecule has 0 saturated carbocycles. The monoisotopic (exact) mass is 469 g/mol. The molecule has 0 aliphatic carbocycles. The summed E-state index contributed by atoms with van der Waals surface area (Å²) in [6, 6.07) is 2.34. The molecule has 3 rings (SSSR count). The minimum atomic E-state index is -1.16. The Balaban J connectivity index is 1.61. The lowest BCUT2D eigenvalue weighted by Crippen LogP contribution is -2.71. The largest absolute Gasteiger partial charge is 0.511 e. The molecule has 2 heterocycles. The lowest BCUT2D eigenvalue weighted by molar-refractivity contribution is -0.170. The predicted molar refractivity (Wildman–Crippen MR) is 110 cm³/mol. The SMILES string of the molecule is CCOC(=O)OCOC(=O)[C@@H]1N2C(=O)[C@@H](NC(=O)C(N)c3cccc(F)c3)[C@H]2SC1(C)C. The van der Waals surface area contributed by atoms with E-state index < -0.39 is 64.8 Å². The Morgan fingerprint density at radius 1 is 1.28 bits per heavy atom.